The van der Waals surface area contributed by atoms with Gasteiger partial charge in [0, 0.05) is 31.7 Å². The second kappa shape index (κ2) is 12.3. The van der Waals surface area contributed by atoms with Gasteiger partial charge < -0.3 is 5.32 Å². The van der Waals surface area contributed by atoms with E-state index in [-0.39, 0.29) is 0 Å². The lowest BCUT2D eigenvalue weighted by molar-refractivity contribution is 0.146. The fraction of sp³-hybridized carbons (Fsp3) is 0.357. The second-order valence-electron chi connectivity index (χ2n) is 8.23. The molecule has 2 heteroatoms. The molecule has 0 saturated heterocycles. The maximum absolute atomic E-state index is 3.88. The van der Waals surface area contributed by atoms with Crippen LogP contribution in [0.15, 0.2) is 91.0 Å². The molecule has 2 nitrogen and oxygen atoms in total. The number of hydrogen-bond acceptors (Lipinski definition) is 2. The van der Waals surface area contributed by atoms with Crippen molar-refractivity contribution >= 4 is 0 Å². The van der Waals surface area contributed by atoms with Crippen molar-refractivity contribution < 1.29 is 0 Å². The highest BCUT2D eigenvalue weighted by Gasteiger charge is 2.23. The maximum Gasteiger partial charge on any atom is 0.0240 e. The summed E-state index contributed by atoms with van der Waals surface area (Å²) in [4.78, 5) is 2.63. The van der Waals surface area contributed by atoms with Gasteiger partial charge in [0.05, 0.1) is 0 Å². The second-order valence-corrected chi connectivity index (χ2v) is 8.23. The zero-order chi connectivity index (χ0) is 21.0. The van der Waals surface area contributed by atoms with Gasteiger partial charge in [-0.25, -0.2) is 0 Å². The molecule has 0 spiro atoms. The highest BCUT2D eigenvalue weighted by molar-refractivity contribution is 5.18. The SMILES string of the molecule is CCCC[C@H](NCc1ccccc1)[C@H](C)N(Cc1ccccc1)Cc1ccccc1. The van der Waals surface area contributed by atoms with Gasteiger partial charge in [-0.2, -0.15) is 0 Å². The Morgan fingerprint density at radius 1 is 0.700 bits per heavy atom. The van der Waals surface area contributed by atoms with Gasteiger partial charge in [-0.05, 0) is 30.0 Å². The van der Waals surface area contributed by atoms with Crippen molar-refractivity contribution in [3.8, 4) is 0 Å². The van der Waals surface area contributed by atoms with E-state index in [1.807, 2.05) is 0 Å². The molecule has 0 aliphatic carbocycles. The summed E-state index contributed by atoms with van der Waals surface area (Å²) in [6, 6.07) is 33.4. The molecule has 2 atom stereocenters. The van der Waals surface area contributed by atoms with E-state index in [0.717, 1.165) is 19.6 Å². The topological polar surface area (TPSA) is 15.3 Å². The molecule has 3 aromatic carbocycles. The lowest BCUT2D eigenvalue weighted by Gasteiger charge is -2.36. The van der Waals surface area contributed by atoms with Crippen LogP contribution in [0, 0.1) is 0 Å². The van der Waals surface area contributed by atoms with Crippen molar-refractivity contribution in [2.24, 2.45) is 0 Å². The Labute approximate surface area is 183 Å². The van der Waals surface area contributed by atoms with Crippen LogP contribution in [0.1, 0.15) is 49.8 Å². The zero-order valence-electron chi connectivity index (χ0n) is 18.5. The molecule has 0 fully saturated rings. The highest BCUT2D eigenvalue weighted by Crippen LogP contribution is 2.19. The van der Waals surface area contributed by atoms with E-state index in [1.54, 1.807) is 0 Å². The Morgan fingerprint density at radius 2 is 1.17 bits per heavy atom. The van der Waals surface area contributed by atoms with Gasteiger partial charge in [-0.15, -0.1) is 0 Å². The summed E-state index contributed by atoms with van der Waals surface area (Å²) in [5.41, 5.74) is 4.10. The van der Waals surface area contributed by atoms with Crippen LogP contribution >= 0.6 is 0 Å². The number of nitrogens with one attached hydrogen (secondary N) is 1. The van der Waals surface area contributed by atoms with Crippen LogP contribution < -0.4 is 5.32 Å². The Balaban J connectivity index is 1.75. The third-order valence-corrected chi connectivity index (χ3v) is 5.90. The van der Waals surface area contributed by atoms with Gasteiger partial charge in [-0.3, -0.25) is 4.90 Å². The molecular formula is C28H36N2. The minimum absolute atomic E-state index is 0.431. The quantitative estimate of drug-likeness (QED) is 0.377. The number of benzene rings is 3. The molecule has 0 heterocycles. The standard InChI is InChI=1S/C28H36N2/c1-3-4-20-28(29-21-25-14-8-5-9-15-25)24(2)30(22-26-16-10-6-11-17-26)23-27-18-12-7-13-19-27/h5-19,24,28-29H,3-4,20-23H2,1-2H3/t24-,28-/m0/s1. The van der Waals surface area contributed by atoms with Crippen molar-refractivity contribution in [2.75, 3.05) is 0 Å². The Hall–Kier alpha value is -2.42. The van der Waals surface area contributed by atoms with E-state index in [0.29, 0.717) is 12.1 Å². The number of rotatable bonds is 12. The summed E-state index contributed by atoms with van der Waals surface area (Å²) in [7, 11) is 0. The van der Waals surface area contributed by atoms with E-state index in [2.05, 4.69) is 115 Å². The van der Waals surface area contributed by atoms with Gasteiger partial charge in [0.2, 0.25) is 0 Å². The first-order valence-corrected chi connectivity index (χ1v) is 11.4. The first-order chi connectivity index (χ1) is 14.8. The third-order valence-electron chi connectivity index (χ3n) is 5.90. The molecule has 30 heavy (non-hydrogen) atoms. The summed E-state index contributed by atoms with van der Waals surface area (Å²) >= 11 is 0. The molecule has 3 rings (SSSR count). The highest BCUT2D eigenvalue weighted by atomic mass is 15.2. The van der Waals surface area contributed by atoms with Crippen molar-refractivity contribution in [2.45, 2.75) is 64.8 Å². The lowest BCUT2D eigenvalue weighted by Crippen LogP contribution is -2.47. The van der Waals surface area contributed by atoms with Crippen LogP contribution in [0.4, 0.5) is 0 Å². The van der Waals surface area contributed by atoms with Crippen LogP contribution in [0.3, 0.4) is 0 Å². The van der Waals surface area contributed by atoms with E-state index in [9.17, 15) is 0 Å². The lowest BCUT2D eigenvalue weighted by atomic mass is 9.99. The monoisotopic (exact) mass is 400 g/mol. The van der Waals surface area contributed by atoms with Crippen molar-refractivity contribution in [1.82, 2.24) is 10.2 Å². The summed E-state index contributed by atoms with van der Waals surface area (Å²) in [6.45, 7) is 7.53. The van der Waals surface area contributed by atoms with Crippen molar-refractivity contribution in [3.63, 3.8) is 0 Å². The summed E-state index contributed by atoms with van der Waals surface area (Å²) in [5, 5.41) is 3.88. The van der Waals surface area contributed by atoms with Crippen molar-refractivity contribution in [3.05, 3.63) is 108 Å². The molecule has 0 amide bonds. The van der Waals surface area contributed by atoms with Crippen LogP contribution in [-0.4, -0.2) is 17.0 Å². The predicted molar refractivity (Wildman–Crippen MR) is 128 cm³/mol. The summed E-state index contributed by atoms with van der Waals surface area (Å²) in [5.74, 6) is 0. The van der Waals surface area contributed by atoms with Gasteiger partial charge in [0.1, 0.15) is 0 Å². The molecule has 1 N–H and O–H groups in total. The minimum Gasteiger partial charge on any atom is -0.308 e. The molecule has 0 radical (unpaired) electrons. The fourth-order valence-corrected chi connectivity index (χ4v) is 4.02. The molecule has 158 valence electrons. The van der Waals surface area contributed by atoms with E-state index in [4.69, 9.17) is 0 Å². The molecule has 3 aromatic rings. The van der Waals surface area contributed by atoms with Crippen molar-refractivity contribution in [1.29, 1.82) is 0 Å². The molecule has 0 aliphatic heterocycles. The predicted octanol–water partition coefficient (Wildman–Crippen LogP) is 6.43. The molecule has 0 unspecified atom stereocenters. The average Bonchev–Trinajstić information content (AvgIpc) is 2.80. The van der Waals surface area contributed by atoms with Gasteiger partial charge in [0.15, 0.2) is 0 Å². The normalized spacial score (nSPS) is 13.3. The van der Waals surface area contributed by atoms with Crippen LogP contribution in [0.25, 0.3) is 0 Å². The van der Waals surface area contributed by atoms with Gasteiger partial charge >= 0.3 is 0 Å². The van der Waals surface area contributed by atoms with E-state index < -0.39 is 0 Å². The van der Waals surface area contributed by atoms with E-state index >= 15 is 0 Å². The number of hydrogen-bond donors (Lipinski definition) is 1. The smallest absolute Gasteiger partial charge is 0.0240 e. The maximum atomic E-state index is 3.88. The Bertz CT molecular complexity index is 776. The minimum atomic E-state index is 0.431. The number of nitrogens with zero attached hydrogens (tertiary/aromatic N) is 1. The average molecular weight is 401 g/mol. The van der Waals surface area contributed by atoms with Gasteiger partial charge in [-0.1, -0.05) is 111 Å². The first kappa shape index (κ1) is 22.3. The van der Waals surface area contributed by atoms with Crippen LogP contribution in [0.2, 0.25) is 0 Å². The third kappa shape index (κ3) is 7.12. The Morgan fingerprint density at radius 3 is 1.63 bits per heavy atom. The van der Waals surface area contributed by atoms with Gasteiger partial charge in [0.25, 0.3) is 0 Å². The zero-order valence-corrected chi connectivity index (χ0v) is 18.5. The van der Waals surface area contributed by atoms with Crippen LogP contribution in [-0.2, 0) is 19.6 Å². The van der Waals surface area contributed by atoms with Crippen LogP contribution in [0.5, 0.6) is 0 Å². The molecular weight excluding hydrogens is 364 g/mol. The first-order valence-electron chi connectivity index (χ1n) is 11.4. The largest absolute Gasteiger partial charge is 0.308 e. The summed E-state index contributed by atoms with van der Waals surface area (Å²) < 4.78 is 0. The molecule has 0 saturated carbocycles. The fourth-order valence-electron chi connectivity index (χ4n) is 4.02. The summed E-state index contributed by atoms with van der Waals surface area (Å²) in [6.07, 6.45) is 3.68. The Kier molecular flexibility index (Phi) is 9.14. The molecule has 0 bridgehead atoms. The van der Waals surface area contributed by atoms with E-state index in [1.165, 1.54) is 36.0 Å². The number of unbranched alkanes of at least 4 members (excludes halogenated alkanes) is 1. The molecule has 0 aromatic heterocycles. The molecule has 0 aliphatic rings.